The highest BCUT2D eigenvalue weighted by Crippen LogP contribution is 2.39. The molecule has 0 amide bonds. The second-order valence-electron chi connectivity index (χ2n) is 6.81. The van der Waals surface area contributed by atoms with Crippen LogP contribution in [0.4, 0.5) is 11.5 Å². The molecular weight excluding hydrogens is 368 g/mol. The quantitative estimate of drug-likeness (QED) is 0.782. The molecule has 1 aliphatic heterocycles. The van der Waals surface area contributed by atoms with Gasteiger partial charge in [0, 0.05) is 19.8 Å². The van der Waals surface area contributed by atoms with E-state index >= 15 is 0 Å². The first kappa shape index (κ1) is 20.0. The molecule has 8 heteroatoms. The fourth-order valence-corrected chi connectivity index (χ4v) is 3.38. The van der Waals surface area contributed by atoms with Crippen LogP contribution in [-0.4, -0.2) is 36.5 Å². The number of esters is 1. The molecule has 0 saturated heterocycles. The van der Waals surface area contributed by atoms with Gasteiger partial charge in [0.1, 0.15) is 17.5 Å². The number of carbonyl (C=O) groups excluding carboxylic acids is 1. The smallest absolute Gasteiger partial charge is 0.338 e. The van der Waals surface area contributed by atoms with Crippen LogP contribution in [0, 0.1) is 22.7 Å². The van der Waals surface area contributed by atoms with Crippen LogP contribution in [0.1, 0.15) is 36.7 Å². The maximum Gasteiger partial charge on any atom is 0.338 e. The number of anilines is 2. The first-order chi connectivity index (χ1) is 13.9. The van der Waals surface area contributed by atoms with Crippen molar-refractivity contribution in [3.05, 3.63) is 46.7 Å². The summed E-state index contributed by atoms with van der Waals surface area (Å²) in [5, 5.41) is 26.3. The summed E-state index contributed by atoms with van der Waals surface area (Å²) < 4.78 is 6.80. The molecule has 0 aliphatic carbocycles. The second-order valence-corrected chi connectivity index (χ2v) is 6.81. The summed E-state index contributed by atoms with van der Waals surface area (Å²) >= 11 is 0. The van der Waals surface area contributed by atoms with Gasteiger partial charge in [-0.25, -0.2) is 9.48 Å². The molecule has 1 aromatic heterocycles. The number of fused-ring (bicyclic) bond motifs is 1. The van der Waals surface area contributed by atoms with E-state index in [9.17, 15) is 10.1 Å². The third-order valence-electron chi connectivity index (χ3n) is 4.83. The first-order valence-electron chi connectivity index (χ1n) is 9.23. The number of aromatic nitrogens is 2. The number of rotatable bonds is 5. The van der Waals surface area contributed by atoms with Crippen LogP contribution < -0.4 is 10.2 Å². The Morgan fingerprint density at radius 2 is 2.00 bits per heavy atom. The third-order valence-corrected chi connectivity index (χ3v) is 4.83. The molecular formula is C21H22N6O2. The van der Waals surface area contributed by atoms with E-state index in [1.807, 2.05) is 49.3 Å². The number of carbonyl (C=O) groups is 1. The maximum absolute atomic E-state index is 12.8. The van der Waals surface area contributed by atoms with Crippen LogP contribution in [0.2, 0.25) is 0 Å². The zero-order valence-electron chi connectivity index (χ0n) is 16.9. The lowest BCUT2D eigenvalue weighted by Gasteiger charge is -2.29. The molecule has 1 aliphatic rings. The van der Waals surface area contributed by atoms with Crippen molar-refractivity contribution in [3.8, 4) is 12.1 Å². The van der Waals surface area contributed by atoms with Crippen LogP contribution in [0.5, 0.6) is 0 Å². The van der Waals surface area contributed by atoms with Crippen molar-refractivity contribution in [3.63, 3.8) is 0 Å². The van der Waals surface area contributed by atoms with E-state index < -0.39 is 12.0 Å². The first-order valence-corrected chi connectivity index (χ1v) is 9.23. The van der Waals surface area contributed by atoms with Crippen LogP contribution in [0.3, 0.4) is 0 Å². The van der Waals surface area contributed by atoms with Crippen molar-refractivity contribution in [2.45, 2.75) is 26.3 Å². The molecule has 0 fully saturated rings. The summed E-state index contributed by atoms with van der Waals surface area (Å²) in [5.41, 5.74) is 3.57. The lowest BCUT2D eigenvalue weighted by Crippen LogP contribution is -2.28. The normalized spacial score (nSPS) is 15.0. The molecule has 0 bridgehead atoms. The van der Waals surface area contributed by atoms with Gasteiger partial charge in [-0.15, -0.1) is 0 Å². The molecule has 0 radical (unpaired) electrons. The zero-order chi connectivity index (χ0) is 21.1. The highest BCUT2D eigenvalue weighted by molar-refractivity contribution is 5.98. The van der Waals surface area contributed by atoms with E-state index in [-0.39, 0.29) is 13.0 Å². The molecule has 29 heavy (non-hydrogen) atoms. The summed E-state index contributed by atoms with van der Waals surface area (Å²) in [5.74, 6) is 0.0330. The SMILES string of the molecule is CCOC(=O)C1=C(C)n2nc(CC#N)c(C#N)c2NC1c1ccc(N(C)C)cc1. The molecule has 8 nitrogen and oxygen atoms in total. The predicted octanol–water partition coefficient (Wildman–Crippen LogP) is 2.85. The van der Waals surface area contributed by atoms with Crippen molar-refractivity contribution in [1.29, 1.82) is 10.5 Å². The van der Waals surface area contributed by atoms with E-state index in [4.69, 9.17) is 10.00 Å². The van der Waals surface area contributed by atoms with E-state index in [1.54, 1.807) is 13.8 Å². The molecule has 148 valence electrons. The van der Waals surface area contributed by atoms with Gasteiger partial charge in [0.15, 0.2) is 0 Å². The van der Waals surface area contributed by atoms with Gasteiger partial charge in [0.05, 0.1) is 42.1 Å². The van der Waals surface area contributed by atoms with Crippen LogP contribution in [0.15, 0.2) is 29.8 Å². The molecule has 1 N–H and O–H groups in total. The van der Waals surface area contributed by atoms with Crippen LogP contribution in [-0.2, 0) is 16.0 Å². The Bertz CT molecular complexity index is 1050. The monoisotopic (exact) mass is 390 g/mol. The summed E-state index contributed by atoms with van der Waals surface area (Å²) in [7, 11) is 3.91. The van der Waals surface area contributed by atoms with E-state index in [0.29, 0.717) is 28.3 Å². The number of nitrogens with one attached hydrogen (secondary N) is 1. The number of nitriles is 2. The Morgan fingerprint density at radius 3 is 2.55 bits per heavy atom. The Morgan fingerprint density at radius 1 is 1.31 bits per heavy atom. The molecule has 1 aromatic carbocycles. The molecule has 2 heterocycles. The van der Waals surface area contributed by atoms with Crippen molar-refractivity contribution in [2.75, 3.05) is 30.9 Å². The largest absolute Gasteiger partial charge is 0.463 e. The van der Waals surface area contributed by atoms with Gasteiger partial charge >= 0.3 is 5.97 Å². The van der Waals surface area contributed by atoms with E-state index in [2.05, 4.69) is 16.5 Å². The van der Waals surface area contributed by atoms with Gasteiger partial charge in [-0.2, -0.15) is 15.6 Å². The average Bonchev–Trinajstić information content (AvgIpc) is 3.06. The Balaban J connectivity index is 2.17. The van der Waals surface area contributed by atoms with Gasteiger partial charge in [-0.1, -0.05) is 12.1 Å². The van der Waals surface area contributed by atoms with Crippen molar-refractivity contribution >= 4 is 23.2 Å². The molecule has 0 spiro atoms. The molecule has 0 saturated carbocycles. The number of ether oxygens (including phenoxy) is 1. The van der Waals surface area contributed by atoms with Crippen molar-refractivity contribution < 1.29 is 9.53 Å². The maximum atomic E-state index is 12.8. The second kappa shape index (κ2) is 8.07. The van der Waals surface area contributed by atoms with Gasteiger partial charge < -0.3 is 15.0 Å². The summed E-state index contributed by atoms with van der Waals surface area (Å²) in [6, 6.07) is 11.5. The van der Waals surface area contributed by atoms with E-state index in [0.717, 1.165) is 11.3 Å². The summed E-state index contributed by atoms with van der Waals surface area (Å²) in [4.78, 5) is 14.8. The minimum Gasteiger partial charge on any atom is -0.463 e. The summed E-state index contributed by atoms with van der Waals surface area (Å²) in [6.07, 6.45) is 0.00872. The standard InChI is InChI=1S/C21H22N6O2/c1-5-29-21(28)18-13(2)27-20(16(12-23)17(25-27)10-11-22)24-19(18)14-6-8-15(9-7-14)26(3)4/h6-9,19,24H,5,10H2,1-4H3. The zero-order valence-corrected chi connectivity index (χ0v) is 16.9. The van der Waals surface area contributed by atoms with Crippen molar-refractivity contribution in [1.82, 2.24) is 9.78 Å². The fraction of sp³-hybridized carbons (Fsp3) is 0.333. The van der Waals surface area contributed by atoms with E-state index in [1.165, 1.54) is 4.68 Å². The Labute approximate surface area is 169 Å². The lowest BCUT2D eigenvalue weighted by molar-refractivity contribution is -0.138. The van der Waals surface area contributed by atoms with Crippen molar-refractivity contribution in [2.24, 2.45) is 0 Å². The number of hydrogen-bond acceptors (Lipinski definition) is 7. The number of hydrogen-bond donors (Lipinski definition) is 1. The molecule has 3 rings (SSSR count). The molecule has 1 atom stereocenters. The number of allylic oxidation sites excluding steroid dienone is 1. The Kier molecular flexibility index (Phi) is 5.56. The Hall–Kier alpha value is -3.78. The molecule has 2 aromatic rings. The van der Waals surface area contributed by atoms with Gasteiger partial charge in [-0.05, 0) is 31.5 Å². The average molecular weight is 390 g/mol. The third kappa shape index (κ3) is 3.53. The minimum absolute atomic E-state index is 0.00872. The number of nitrogens with zero attached hydrogens (tertiary/aromatic N) is 5. The van der Waals surface area contributed by atoms with Gasteiger partial charge in [0.25, 0.3) is 0 Å². The van der Waals surface area contributed by atoms with Gasteiger partial charge in [-0.3, -0.25) is 0 Å². The minimum atomic E-state index is -0.503. The molecule has 1 unspecified atom stereocenters. The van der Waals surface area contributed by atoms with Gasteiger partial charge in [0.2, 0.25) is 0 Å². The van der Waals surface area contributed by atoms with Crippen LogP contribution >= 0.6 is 0 Å². The number of benzene rings is 1. The highest BCUT2D eigenvalue weighted by Gasteiger charge is 2.35. The lowest BCUT2D eigenvalue weighted by atomic mass is 9.95. The fourth-order valence-electron chi connectivity index (χ4n) is 3.38. The summed E-state index contributed by atoms with van der Waals surface area (Å²) in [6.45, 7) is 3.77. The van der Waals surface area contributed by atoms with Crippen LogP contribution in [0.25, 0.3) is 5.70 Å². The topological polar surface area (TPSA) is 107 Å². The highest BCUT2D eigenvalue weighted by atomic mass is 16.5. The predicted molar refractivity (Wildman–Crippen MR) is 109 cm³/mol.